The van der Waals surface area contributed by atoms with Gasteiger partial charge in [-0.1, -0.05) is 42.1 Å². The summed E-state index contributed by atoms with van der Waals surface area (Å²) in [6.07, 6.45) is 5.07. The van der Waals surface area contributed by atoms with E-state index in [9.17, 15) is 9.59 Å². The normalized spacial score (nSPS) is 14.5. The van der Waals surface area contributed by atoms with Gasteiger partial charge in [-0.05, 0) is 57.1 Å². The maximum Gasteiger partial charge on any atom is 0.263 e. The number of nitrogens with one attached hydrogen (secondary N) is 1. The second kappa shape index (κ2) is 9.35. The van der Waals surface area contributed by atoms with Crippen molar-refractivity contribution in [3.05, 3.63) is 56.7 Å². The molecule has 1 N–H and O–H groups in total. The summed E-state index contributed by atoms with van der Waals surface area (Å²) in [7, 11) is 0. The van der Waals surface area contributed by atoms with E-state index in [1.54, 1.807) is 15.9 Å². The van der Waals surface area contributed by atoms with Crippen LogP contribution in [0.2, 0.25) is 0 Å². The van der Waals surface area contributed by atoms with Gasteiger partial charge >= 0.3 is 0 Å². The highest BCUT2D eigenvalue weighted by atomic mass is 32.2. The van der Waals surface area contributed by atoms with Crippen LogP contribution in [0.1, 0.15) is 42.7 Å². The fraction of sp³-hybridized carbons (Fsp3) is 0.435. The van der Waals surface area contributed by atoms with E-state index in [4.69, 9.17) is 4.98 Å². The average molecular weight is 442 g/mol. The molecule has 30 heavy (non-hydrogen) atoms. The Kier molecular flexibility index (Phi) is 6.58. The van der Waals surface area contributed by atoms with Crippen LogP contribution in [0.5, 0.6) is 0 Å². The lowest BCUT2D eigenvalue weighted by atomic mass is 9.97. The van der Waals surface area contributed by atoms with Crippen LogP contribution in [0, 0.1) is 0 Å². The molecule has 4 rings (SSSR count). The standard InChI is InChI=1S/C23H27N3O2S2/c1-3-24-20(27)15(2)29-23-25-21-19(17-11-7-8-12-18(17)30-21)22(28)26(23)14-13-16-9-5-4-6-10-16/h4-6,9-10,15H,3,7-8,11-14H2,1-2H3,(H,24,27). The summed E-state index contributed by atoms with van der Waals surface area (Å²) in [5.41, 5.74) is 2.44. The van der Waals surface area contributed by atoms with Crippen LogP contribution in [0.3, 0.4) is 0 Å². The third-order valence-corrected chi connectivity index (χ3v) is 7.78. The highest BCUT2D eigenvalue weighted by Crippen LogP contribution is 2.35. The van der Waals surface area contributed by atoms with Gasteiger partial charge in [0.15, 0.2) is 5.16 Å². The number of aryl methyl sites for hydroxylation is 3. The molecule has 0 saturated carbocycles. The van der Waals surface area contributed by atoms with Crippen molar-refractivity contribution < 1.29 is 4.79 Å². The van der Waals surface area contributed by atoms with Gasteiger partial charge in [0.05, 0.1) is 10.6 Å². The van der Waals surface area contributed by atoms with Gasteiger partial charge in [0.1, 0.15) is 4.83 Å². The lowest BCUT2D eigenvalue weighted by molar-refractivity contribution is -0.120. The van der Waals surface area contributed by atoms with E-state index in [1.165, 1.54) is 34.2 Å². The van der Waals surface area contributed by atoms with E-state index in [0.717, 1.165) is 35.9 Å². The molecule has 0 fully saturated rings. The van der Waals surface area contributed by atoms with Gasteiger partial charge in [0.2, 0.25) is 5.91 Å². The van der Waals surface area contributed by atoms with Crippen LogP contribution in [0.4, 0.5) is 0 Å². The zero-order chi connectivity index (χ0) is 21.1. The smallest absolute Gasteiger partial charge is 0.263 e. The first-order chi connectivity index (χ1) is 14.6. The van der Waals surface area contributed by atoms with Gasteiger partial charge in [-0.25, -0.2) is 4.98 Å². The second-order valence-electron chi connectivity index (χ2n) is 7.63. The highest BCUT2D eigenvalue weighted by Gasteiger charge is 2.24. The Morgan fingerprint density at radius 1 is 1.27 bits per heavy atom. The first kappa shape index (κ1) is 21.1. The first-order valence-electron chi connectivity index (χ1n) is 10.6. The molecule has 0 spiro atoms. The van der Waals surface area contributed by atoms with Crippen LogP contribution < -0.4 is 10.9 Å². The number of aromatic nitrogens is 2. The summed E-state index contributed by atoms with van der Waals surface area (Å²) in [6.45, 7) is 4.92. The molecule has 1 aromatic carbocycles. The summed E-state index contributed by atoms with van der Waals surface area (Å²) in [5, 5.41) is 3.99. The second-order valence-corrected chi connectivity index (χ2v) is 10.0. The molecule has 1 unspecified atom stereocenters. The van der Waals surface area contributed by atoms with Crippen molar-refractivity contribution in [1.82, 2.24) is 14.9 Å². The number of thioether (sulfide) groups is 1. The predicted molar refractivity (Wildman–Crippen MR) is 125 cm³/mol. The van der Waals surface area contributed by atoms with E-state index in [-0.39, 0.29) is 16.7 Å². The SMILES string of the molecule is CCNC(=O)C(C)Sc1nc2sc3c(c2c(=O)n1CCc1ccccc1)CCCC3. The number of thiophene rings is 1. The first-order valence-corrected chi connectivity index (χ1v) is 12.3. The van der Waals surface area contributed by atoms with Crippen molar-refractivity contribution in [3.8, 4) is 0 Å². The van der Waals surface area contributed by atoms with E-state index >= 15 is 0 Å². The van der Waals surface area contributed by atoms with Crippen LogP contribution >= 0.6 is 23.1 Å². The number of fused-ring (bicyclic) bond motifs is 3. The highest BCUT2D eigenvalue weighted by molar-refractivity contribution is 8.00. The molecule has 7 heteroatoms. The Labute approximate surface area is 184 Å². The molecule has 1 aliphatic carbocycles. The Balaban J connectivity index is 1.75. The number of nitrogens with zero attached hydrogens (tertiary/aromatic N) is 2. The van der Waals surface area contributed by atoms with E-state index in [2.05, 4.69) is 17.4 Å². The molecule has 3 aromatic rings. The number of hydrogen-bond donors (Lipinski definition) is 1. The van der Waals surface area contributed by atoms with Gasteiger partial charge in [0.25, 0.3) is 5.56 Å². The zero-order valence-electron chi connectivity index (χ0n) is 17.4. The van der Waals surface area contributed by atoms with E-state index in [0.29, 0.717) is 18.2 Å². The predicted octanol–water partition coefficient (Wildman–Crippen LogP) is 4.20. The van der Waals surface area contributed by atoms with Gasteiger partial charge < -0.3 is 5.32 Å². The third kappa shape index (κ3) is 4.32. The number of carbonyl (C=O) groups is 1. The average Bonchev–Trinajstić information content (AvgIpc) is 3.12. The maximum atomic E-state index is 13.6. The number of benzene rings is 1. The Morgan fingerprint density at radius 3 is 2.80 bits per heavy atom. The topological polar surface area (TPSA) is 64.0 Å². The maximum absolute atomic E-state index is 13.6. The molecule has 158 valence electrons. The third-order valence-electron chi connectivity index (χ3n) is 5.51. The van der Waals surface area contributed by atoms with Crippen LogP contribution in [-0.4, -0.2) is 27.3 Å². The molecular weight excluding hydrogens is 414 g/mol. The van der Waals surface area contributed by atoms with Crippen molar-refractivity contribution in [3.63, 3.8) is 0 Å². The number of carbonyl (C=O) groups excluding carboxylic acids is 1. The number of amides is 1. The van der Waals surface area contributed by atoms with Gasteiger partial charge in [-0.3, -0.25) is 14.2 Å². The van der Waals surface area contributed by atoms with Crippen molar-refractivity contribution in [2.45, 2.75) is 62.9 Å². The molecule has 0 bridgehead atoms. The molecule has 5 nitrogen and oxygen atoms in total. The minimum Gasteiger partial charge on any atom is -0.355 e. The molecule has 0 aliphatic heterocycles. The molecule has 0 radical (unpaired) electrons. The van der Waals surface area contributed by atoms with Gasteiger partial charge in [-0.2, -0.15) is 0 Å². The summed E-state index contributed by atoms with van der Waals surface area (Å²) < 4.78 is 1.79. The van der Waals surface area contributed by atoms with Gasteiger partial charge in [0, 0.05) is 18.0 Å². The van der Waals surface area contributed by atoms with E-state index < -0.39 is 0 Å². The Hall–Kier alpha value is -2.12. The van der Waals surface area contributed by atoms with Crippen LogP contribution in [-0.2, 0) is 30.6 Å². The molecular formula is C23H27N3O2S2. The largest absolute Gasteiger partial charge is 0.355 e. The van der Waals surface area contributed by atoms with Crippen molar-refractivity contribution in [2.75, 3.05) is 6.54 Å². The minimum absolute atomic E-state index is 0.0306. The van der Waals surface area contributed by atoms with E-state index in [1.807, 2.05) is 32.0 Å². The molecule has 0 saturated heterocycles. The van der Waals surface area contributed by atoms with Crippen LogP contribution in [0.15, 0.2) is 40.3 Å². The Morgan fingerprint density at radius 2 is 2.03 bits per heavy atom. The van der Waals surface area contributed by atoms with Gasteiger partial charge in [-0.15, -0.1) is 11.3 Å². The van der Waals surface area contributed by atoms with Crippen molar-refractivity contribution in [1.29, 1.82) is 0 Å². The fourth-order valence-electron chi connectivity index (χ4n) is 3.92. The Bertz CT molecular complexity index is 1110. The number of rotatable bonds is 7. The van der Waals surface area contributed by atoms with Crippen molar-refractivity contribution in [2.24, 2.45) is 0 Å². The monoisotopic (exact) mass is 441 g/mol. The summed E-state index contributed by atoms with van der Waals surface area (Å²) in [4.78, 5) is 32.9. The van der Waals surface area contributed by atoms with Crippen molar-refractivity contribution >= 4 is 39.2 Å². The summed E-state index contributed by atoms with van der Waals surface area (Å²) in [5.74, 6) is -0.0306. The summed E-state index contributed by atoms with van der Waals surface area (Å²) >= 11 is 3.03. The fourth-order valence-corrected chi connectivity index (χ4v) is 6.18. The lowest BCUT2D eigenvalue weighted by Crippen LogP contribution is -2.32. The lowest BCUT2D eigenvalue weighted by Gasteiger charge is -2.16. The summed E-state index contributed by atoms with van der Waals surface area (Å²) in [6, 6.07) is 10.2. The number of hydrogen-bond acceptors (Lipinski definition) is 5. The molecule has 2 heterocycles. The molecule has 2 aromatic heterocycles. The molecule has 1 atom stereocenters. The zero-order valence-corrected chi connectivity index (χ0v) is 19.1. The molecule has 1 amide bonds. The molecule has 1 aliphatic rings. The minimum atomic E-state index is -0.313. The van der Waals surface area contributed by atoms with Crippen LogP contribution in [0.25, 0.3) is 10.2 Å². The quantitative estimate of drug-likeness (QED) is 0.441.